The summed E-state index contributed by atoms with van der Waals surface area (Å²) in [6, 6.07) is 16.0. The quantitative estimate of drug-likeness (QED) is 0.851. The maximum atomic E-state index is 12.2. The molecule has 4 rings (SSSR count). The summed E-state index contributed by atoms with van der Waals surface area (Å²) in [7, 11) is 0. The summed E-state index contributed by atoms with van der Waals surface area (Å²) in [6.45, 7) is 4.22. The lowest BCUT2D eigenvalue weighted by atomic mass is 10.1. The van der Waals surface area contributed by atoms with Crippen LogP contribution in [0.3, 0.4) is 0 Å². The van der Waals surface area contributed by atoms with E-state index in [9.17, 15) is 4.79 Å². The topological polar surface area (TPSA) is 62.8 Å². The average molecular weight is 367 g/mol. The summed E-state index contributed by atoms with van der Waals surface area (Å²) in [6.07, 6.45) is 0.824. The molecular weight excluding hydrogens is 342 g/mol. The van der Waals surface area contributed by atoms with E-state index in [-0.39, 0.29) is 12.1 Å². The van der Waals surface area contributed by atoms with Crippen molar-refractivity contribution in [3.8, 4) is 5.75 Å². The van der Waals surface area contributed by atoms with Crippen LogP contribution in [0.15, 0.2) is 48.5 Å². The van der Waals surface area contributed by atoms with Gasteiger partial charge in [0.05, 0.1) is 19.8 Å². The zero-order valence-corrected chi connectivity index (χ0v) is 15.3. The highest BCUT2D eigenvalue weighted by molar-refractivity contribution is 5.74. The van der Waals surface area contributed by atoms with E-state index in [4.69, 9.17) is 9.47 Å². The molecule has 1 saturated heterocycles. The fourth-order valence-electron chi connectivity index (χ4n) is 3.59. The van der Waals surface area contributed by atoms with Crippen molar-refractivity contribution in [2.75, 3.05) is 37.7 Å². The smallest absolute Gasteiger partial charge is 0.315 e. The van der Waals surface area contributed by atoms with Crippen LogP contribution < -0.4 is 20.3 Å². The van der Waals surface area contributed by atoms with Crippen LogP contribution in [0.5, 0.6) is 5.75 Å². The number of rotatable bonds is 5. The highest BCUT2D eigenvalue weighted by Crippen LogP contribution is 2.27. The first-order valence-corrected chi connectivity index (χ1v) is 9.46. The number of nitrogens with zero attached hydrogens (tertiary/aromatic N) is 1. The first kappa shape index (κ1) is 17.7. The molecule has 27 heavy (non-hydrogen) atoms. The lowest BCUT2D eigenvalue weighted by Gasteiger charge is -2.30. The average Bonchev–Trinajstić information content (AvgIpc) is 3.15. The third kappa shape index (κ3) is 4.34. The second-order valence-corrected chi connectivity index (χ2v) is 6.84. The van der Waals surface area contributed by atoms with Crippen molar-refractivity contribution >= 4 is 11.7 Å². The van der Waals surface area contributed by atoms with E-state index in [2.05, 4.69) is 33.7 Å². The summed E-state index contributed by atoms with van der Waals surface area (Å²) >= 11 is 0. The van der Waals surface area contributed by atoms with Crippen LogP contribution in [0.25, 0.3) is 0 Å². The van der Waals surface area contributed by atoms with Gasteiger partial charge in [-0.3, -0.25) is 0 Å². The van der Waals surface area contributed by atoms with Crippen LogP contribution in [0.1, 0.15) is 11.1 Å². The molecule has 1 fully saturated rings. The van der Waals surface area contributed by atoms with Crippen molar-refractivity contribution < 1.29 is 14.3 Å². The van der Waals surface area contributed by atoms with Gasteiger partial charge in [0.25, 0.3) is 0 Å². The van der Waals surface area contributed by atoms with Crippen LogP contribution in [0.4, 0.5) is 10.5 Å². The number of fused-ring (bicyclic) bond motifs is 1. The highest BCUT2D eigenvalue weighted by atomic mass is 16.5. The van der Waals surface area contributed by atoms with Crippen LogP contribution >= 0.6 is 0 Å². The molecule has 2 aromatic carbocycles. The number of carbonyl (C=O) groups excluding carboxylic acids is 1. The van der Waals surface area contributed by atoms with Gasteiger partial charge in [0.2, 0.25) is 0 Å². The number of benzene rings is 2. The van der Waals surface area contributed by atoms with Crippen molar-refractivity contribution in [1.29, 1.82) is 0 Å². The molecule has 0 bridgehead atoms. The summed E-state index contributed by atoms with van der Waals surface area (Å²) in [4.78, 5) is 14.5. The number of hydrogen-bond acceptors (Lipinski definition) is 4. The van der Waals surface area contributed by atoms with Gasteiger partial charge < -0.3 is 25.0 Å². The van der Waals surface area contributed by atoms with Crippen molar-refractivity contribution in [3.63, 3.8) is 0 Å². The lowest BCUT2D eigenvalue weighted by Crippen LogP contribution is -2.41. The molecule has 142 valence electrons. The van der Waals surface area contributed by atoms with Crippen molar-refractivity contribution in [2.45, 2.75) is 19.1 Å². The largest absolute Gasteiger partial charge is 0.488 e. The van der Waals surface area contributed by atoms with E-state index in [0.29, 0.717) is 13.1 Å². The molecule has 2 heterocycles. The summed E-state index contributed by atoms with van der Waals surface area (Å²) in [5, 5.41) is 5.88. The molecule has 1 unspecified atom stereocenters. The molecule has 0 radical (unpaired) electrons. The van der Waals surface area contributed by atoms with Gasteiger partial charge in [-0.1, -0.05) is 36.4 Å². The van der Waals surface area contributed by atoms with Crippen LogP contribution in [0.2, 0.25) is 0 Å². The van der Waals surface area contributed by atoms with Crippen LogP contribution in [-0.2, 0) is 17.7 Å². The third-order valence-corrected chi connectivity index (χ3v) is 4.99. The Hall–Kier alpha value is -2.73. The molecular formula is C21H25N3O3. The molecule has 1 atom stereocenters. The van der Waals surface area contributed by atoms with Gasteiger partial charge >= 0.3 is 6.03 Å². The lowest BCUT2D eigenvalue weighted by molar-refractivity contribution is 0.122. The van der Waals surface area contributed by atoms with E-state index in [0.717, 1.165) is 49.7 Å². The Balaban J connectivity index is 1.26. The first-order valence-electron chi connectivity index (χ1n) is 9.46. The Labute approximate surface area is 159 Å². The molecule has 0 saturated carbocycles. The molecule has 0 spiro atoms. The number of anilines is 1. The predicted octanol–water partition coefficient (Wildman–Crippen LogP) is 2.33. The van der Waals surface area contributed by atoms with Gasteiger partial charge in [-0.15, -0.1) is 0 Å². The Bertz CT molecular complexity index is 765. The Kier molecular flexibility index (Phi) is 5.44. The first-order chi connectivity index (χ1) is 13.3. The monoisotopic (exact) mass is 367 g/mol. The zero-order valence-electron chi connectivity index (χ0n) is 15.3. The minimum atomic E-state index is -0.175. The minimum absolute atomic E-state index is 0.00575. The maximum Gasteiger partial charge on any atom is 0.315 e. The number of para-hydroxylation sites is 2. The van der Waals surface area contributed by atoms with E-state index >= 15 is 0 Å². The number of carbonyl (C=O) groups is 1. The Morgan fingerprint density at radius 1 is 1.04 bits per heavy atom. The minimum Gasteiger partial charge on any atom is -0.488 e. The van der Waals surface area contributed by atoms with Crippen molar-refractivity contribution in [1.82, 2.24) is 10.6 Å². The number of urea groups is 1. The molecule has 2 amide bonds. The van der Waals surface area contributed by atoms with Crippen molar-refractivity contribution in [3.05, 3.63) is 59.7 Å². The Morgan fingerprint density at radius 3 is 2.67 bits per heavy atom. The fraction of sp³-hybridized carbons (Fsp3) is 0.381. The van der Waals surface area contributed by atoms with E-state index in [1.54, 1.807) is 0 Å². The molecule has 6 heteroatoms. The predicted molar refractivity (Wildman–Crippen MR) is 104 cm³/mol. The second kappa shape index (κ2) is 8.31. The van der Waals surface area contributed by atoms with Gasteiger partial charge in [-0.05, 0) is 23.3 Å². The normalized spacial score (nSPS) is 18.5. The van der Waals surface area contributed by atoms with Gasteiger partial charge in [0, 0.05) is 31.7 Å². The fourth-order valence-corrected chi connectivity index (χ4v) is 3.59. The molecule has 0 aromatic heterocycles. The third-order valence-electron chi connectivity index (χ3n) is 4.99. The molecule has 2 aliphatic heterocycles. The number of morpholine rings is 1. The molecule has 6 nitrogen and oxygen atoms in total. The standard InChI is InChI=1S/C21H25N3O3/c25-21(23-15-18-13-16-5-2-4-8-20(16)27-18)22-14-17-6-1-3-7-19(17)24-9-11-26-12-10-24/h1-8,18H,9-15H2,(H2,22,23,25). The van der Waals surface area contributed by atoms with E-state index in [1.807, 2.05) is 30.3 Å². The van der Waals surface area contributed by atoms with E-state index in [1.165, 1.54) is 5.56 Å². The van der Waals surface area contributed by atoms with Crippen LogP contribution in [0, 0.1) is 0 Å². The highest BCUT2D eigenvalue weighted by Gasteiger charge is 2.22. The number of nitrogens with one attached hydrogen (secondary N) is 2. The number of ether oxygens (including phenoxy) is 2. The van der Waals surface area contributed by atoms with Crippen LogP contribution in [-0.4, -0.2) is 45.0 Å². The number of hydrogen-bond donors (Lipinski definition) is 2. The SMILES string of the molecule is O=C(NCc1ccccc1N1CCOCC1)NCC1Cc2ccccc2O1. The summed E-state index contributed by atoms with van der Waals surface area (Å²) in [5.74, 6) is 0.921. The second-order valence-electron chi connectivity index (χ2n) is 6.84. The van der Waals surface area contributed by atoms with E-state index < -0.39 is 0 Å². The zero-order chi connectivity index (χ0) is 18.5. The molecule has 2 aromatic rings. The number of amides is 2. The summed E-state index contributed by atoms with van der Waals surface area (Å²) in [5.41, 5.74) is 3.47. The van der Waals surface area contributed by atoms with Gasteiger partial charge in [0.15, 0.2) is 0 Å². The maximum absolute atomic E-state index is 12.2. The summed E-state index contributed by atoms with van der Waals surface area (Å²) < 4.78 is 11.3. The molecule has 2 aliphatic rings. The van der Waals surface area contributed by atoms with Gasteiger partial charge in [-0.2, -0.15) is 0 Å². The molecule has 2 N–H and O–H groups in total. The van der Waals surface area contributed by atoms with Crippen molar-refractivity contribution in [2.24, 2.45) is 0 Å². The van der Waals surface area contributed by atoms with Gasteiger partial charge in [-0.25, -0.2) is 4.79 Å². The van der Waals surface area contributed by atoms with Gasteiger partial charge in [0.1, 0.15) is 11.9 Å². The molecule has 0 aliphatic carbocycles. The Morgan fingerprint density at radius 2 is 1.81 bits per heavy atom.